The Balaban J connectivity index is 2.09. The number of halogens is 4. The predicted octanol–water partition coefficient (Wildman–Crippen LogP) is 4.15. The van der Waals surface area contributed by atoms with E-state index in [1.807, 2.05) is 0 Å². The lowest BCUT2D eigenvalue weighted by Crippen LogP contribution is -2.12. The topological polar surface area (TPSA) is 56.8 Å². The second-order valence-electron chi connectivity index (χ2n) is 4.60. The first-order chi connectivity index (χ1) is 11.9. The molecule has 25 heavy (non-hydrogen) atoms. The Labute approximate surface area is 140 Å². The average molecular weight is 359 g/mol. The van der Waals surface area contributed by atoms with Crippen molar-refractivity contribution in [1.82, 2.24) is 0 Å². The molecule has 0 atom stereocenters. The molecule has 9 heteroatoms. The molecule has 0 aliphatic rings. The highest BCUT2D eigenvalue weighted by molar-refractivity contribution is 6.04. The maximum Gasteiger partial charge on any atom is 0.387 e. The van der Waals surface area contributed by atoms with Crippen LogP contribution in [0.5, 0.6) is 17.2 Å². The summed E-state index contributed by atoms with van der Waals surface area (Å²) in [6.07, 6.45) is 0. The van der Waals surface area contributed by atoms with Gasteiger partial charge in [-0.25, -0.2) is 0 Å². The van der Waals surface area contributed by atoms with E-state index in [0.29, 0.717) is 5.69 Å². The highest BCUT2D eigenvalue weighted by Crippen LogP contribution is 2.29. The van der Waals surface area contributed by atoms with Crippen LogP contribution in [0.3, 0.4) is 0 Å². The second-order valence-corrected chi connectivity index (χ2v) is 4.60. The Morgan fingerprint density at radius 3 is 2.12 bits per heavy atom. The molecule has 0 fully saturated rings. The number of nitrogens with one attached hydrogen (secondary N) is 1. The molecule has 0 spiro atoms. The first kappa shape index (κ1) is 18.4. The molecule has 2 aromatic rings. The van der Waals surface area contributed by atoms with Crippen molar-refractivity contribution in [3.63, 3.8) is 0 Å². The molecule has 0 aliphatic carbocycles. The van der Waals surface area contributed by atoms with Crippen molar-refractivity contribution in [2.45, 2.75) is 13.2 Å². The minimum atomic E-state index is -3.03. The number of alkyl halides is 4. The second kappa shape index (κ2) is 8.22. The van der Waals surface area contributed by atoms with Gasteiger partial charge in [-0.1, -0.05) is 0 Å². The zero-order valence-corrected chi connectivity index (χ0v) is 12.8. The van der Waals surface area contributed by atoms with Gasteiger partial charge < -0.3 is 19.5 Å². The average Bonchev–Trinajstić information content (AvgIpc) is 2.56. The molecule has 5 nitrogen and oxygen atoms in total. The van der Waals surface area contributed by atoms with Crippen molar-refractivity contribution in [1.29, 1.82) is 0 Å². The summed E-state index contributed by atoms with van der Waals surface area (Å²) in [6, 6.07) is 8.98. The Bertz CT molecular complexity index is 723. The van der Waals surface area contributed by atoms with Crippen LogP contribution in [0.15, 0.2) is 42.5 Å². The molecule has 0 bridgehead atoms. The first-order valence-electron chi connectivity index (χ1n) is 6.88. The third-order valence-corrected chi connectivity index (χ3v) is 2.98. The highest BCUT2D eigenvalue weighted by Gasteiger charge is 2.14. The van der Waals surface area contributed by atoms with E-state index in [1.165, 1.54) is 49.6 Å². The third kappa shape index (κ3) is 5.27. The molecule has 0 aromatic heterocycles. The van der Waals surface area contributed by atoms with Crippen LogP contribution < -0.4 is 19.5 Å². The van der Waals surface area contributed by atoms with Crippen LogP contribution >= 0.6 is 0 Å². The number of anilines is 1. The van der Waals surface area contributed by atoms with Crippen molar-refractivity contribution in [3.8, 4) is 17.2 Å². The Morgan fingerprint density at radius 1 is 0.920 bits per heavy atom. The van der Waals surface area contributed by atoms with Gasteiger partial charge in [0, 0.05) is 11.3 Å². The van der Waals surface area contributed by atoms with E-state index >= 15 is 0 Å². The maximum atomic E-state index is 12.3. The molecule has 0 aliphatic heterocycles. The smallest absolute Gasteiger partial charge is 0.387 e. The minimum absolute atomic E-state index is 0.0337. The van der Waals surface area contributed by atoms with Gasteiger partial charge in [-0.2, -0.15) is 17.6 Å². The highest BCUT2D eigenvalue weighted by atomic mass is 19.3. The number of rotatable bonds is 7. The zero-order valence-electron chi connectivity index (χ0n) is 12.8. The lowest BCUT2D eigenvalue weighted by Gasteiger charge is -2.12. The predicted molar refractivity (Wildman–Crippen MR) is 80.7 cm³/mol. The molecule has 0 heterocycles. The number of carbonyl (C=O) groups is 1. The molecule has 2 aromatic carbocycles. The van der Waals surface area contributed by atoms with E-state index in [9.17, 15) is 22.4 Å². The molecule has 0 saturated heterocycles. The molecule has 0 unspecified atom stereocenters. The van der Waals surface area contributed by atoms with Gasteiger partial charge in [0.05, 0.1) is 7.11 Å². The van der Waals surface area contributed by atoms with E-state index in [-0.39, 0.29) is 22.8 Å². The molecule has 0 radical (unpaired) electrons. The van der Waals surface area contributed by atoms with Crippen LogP contribution in [-0.2, 0) is 0 Å². The standard InChI is InChI=1S/C16H13F4NO4/c1-23-13-8-9(2-7-12(13)25-16(19)20)14(22)21-10-3-5-11(6-4-10)24-15(17)18/h2-8,15-16H,1H3,(H,21,22). The van der Waals surface area contributed by atoms with E-state index in [2.05, 4.69) is 14.8 Å². The summed E-state index contributed by atoms with van der Waals surface area (Å²) < 4.78 is 62.1. The SMILES string of the molecule is COc1cc(C(=O)Nc2ccc(OC(F)F)cc2)ccc1OC(F)F. The van der Waals surface area contributed by atoms with Crippen LogP contribution in [0.2, 0.25) is 0 Å². The van der Waals surface area contributed by atoms with E-state index in [1.54, 1.807) is 0 Å². The first-order valence-corrected chi connectivity index (χ1v) is 6.88. The minimum Gasteiger partial charge on any atom is -0.493 e. The molecule has 2 rings (SSSR count). The van der Waals surface area contributed by atoms with Crippen LogP contribution in [0.1, 0.15) is 10.4 Å². The van der Waals surface area contributed by atoms with E-state index in [0.717, 1.165) is 0 Å². The van der Waals surface area contributed by atoms with Crippen molar-refractivity contribution in [2.24, 2.45) is 0 Å². The summed E-state index contributed by atoms with van der Waals surface area (Å²) in [5.74, 6) is -0.844. The number of hydrogen-bond donors (Lipinski definition) is 1. The molecule has 0 saturated carbocycles. The number of methoxy groups -OCH3 is 1. The van der Waals surface area contributed by atoms with Crippen molar-refractivity contribution in [3.05, 3.63) is 48.0 Å². The van der Waals surface area contributed by atoms with Gasteiger partial charge in [-0.15, -0.1) is 0 Å². The zero-order chi connectivity index (χ0) is 18.4. The normalized spacial score (nSPS) is 10.7. The number of hydrogen-bond acceptors (Lipinski definition) is 4. The van der Waals surface area contributed by atoms with Crippen LogP contribution in [-0.4, -0.2) is 26.2 Å². The van der Waals surface area contributed by atoms with Crippen molar-refractivity contribution >= 4 is 11.6 Å². The van der Waals surface area contributed by atoms with Crippen molar-refractivity contribution < 1.29 is 36.6 Å². The van der Waals surface area contributed by atoms with E-state index in [4.69, 9.17) is 4.74 Å². The van der Waals surface area contributed by atoms with Crippen LogP contribution in [0.25, 0.3) is 0 Å². The summed E-state index contributed by atoms with van der Waals surface area (Å²) in [7, 11) is 1.25. The molecular weight excluding hydrogens is 346 g/mol. The summed E-state index contributed by atoms with van der Waals surface area (Å²) in [6.45, 7) is -5.97. The molecule has 1 N–H and O–H groups in total. The Kier molecular flexibility index (Phi) is 6.04. The Hall–Kier alpha value is -2.97. The number of benzene rings is 2. The van der Waals surface area contributed by atoms with Crippen LogP contribution in [0, 0.1) is 0 Å². The van der Waals surface area contributed by atoms with Gasteiger partial charge in [0.1, 0.15) is 5.75 Å². The molecular formula is C16H13F4NO4. The maximum absolute atomic E-state index is 12.3. The number of carbonyl (C=O) groups excluding carboxylic acids is 1. The number of ether oxygens (including phenoxy) is 3. The summed E-state index contributed by atoms with van der Waals surface area (Å²) >= 11 is 0. The molecule has 1 amide bonds. The van der Waals surface area contributed by atoms with Gasteiger partial charge in [-0.05, 0) is 42.5 Å². The fraction of sp³-hybridized carbons (Fsp3) is 0.188. The third-order valence-electron chi connectivity index (χ3n) is 2.98. The van der Waals surface area contributed by atoms with Gasteiger partial charge in [-0.3, -0.25) is 4.79 Å². The fourth-order valence-corrected chi connectivity index (χ4v) is 1.93. The quantitative estimate of drug-likeness (QED) is 0.755. The van der Waals surface area contributed by atoms with Crippen LogP contribution in [0.4, 0.5) is 23.2 Å². The van der Waals surface area contributed by atoms with Gasteiger partial charge in [0.25, 0.3) is 5.91 Å². The molecule has 134 valence electrons. The summed E-state index contributed by atoms with van der Waals surface area (Å²) in [4.78, 5) is 12.2. The van der Waals surface area contributed by atoms with Gasteiger partial charge in [0.2, 0.25) is 0 Å². The summed E-state index contributed by atoms with van der Waals surface area (Å²) in [5, 5.41) is 2.52. The van der Waals surface area contributed by atoms with Crippen molar-refractivity contribution in [2.75, 3.05) is 12.4 Å². The van der Waals surface area contributed by atoms with Gasteiger partial charge in [0.15, 0.2) is 11.5 Å². The number of amides is 1. The van der Waals surface area contributed by atoms with Gasteiger partial charge >= 0.3 is 13.2 Å². The fourth-order valence-electron chi connectivity index (χ4n) is 1.93. The lowest BCUT2D eigenvalue weighted by atomic mass is 10.2. The summed E-state index contributed by atoms with van der Waals surface area (Å²) in [5.41, 5.74) is 0.463. The largest absolute Gasteiger partial charge is 0.493 e. The lowest BCUT2D eigenvalue weighted by molar-refractivity contribution is -0.0514. The monoisotopic (exact) mass is 359 g/mol. The Morgan fingerprint density at radius 2 is 1.56 bits per heavy atom. The van der Waals surface area contributed by atoms with E-state index < -0.39 is 19.1 Å².